The van der Waals surface area contributed by atoms with Gasteiger partial charge >= 0.3 is 0 Å². The van der Waals surface area contributed by atoms with Gasteiger partial charge in [-0.1, -0.05) is 6.07 Å². The van der Waals surface area contributed by atoms with Crippen molar-refractivity contribution >= 4 is 37.7 Å². The normalized spacial score (nSPS) is 19.1. The summed E-state index contributed by atoms with van der Waals surface area (Å²) in [6.45, 7) is 3.07. The smallest absolute Gasteiger partial charge is 0.241 e. The van der Waals surface area contributed by atoms with Gasteiger partial charge in [0.15, 0.2) is 0 Å². The van der Waals surface area contributed by atoms with E-state index in [9.17, 15) is 8.42 Å². The molecule has 0 spiro atoms. The predicted octanol–water partition coefficient (Wildman–Crippen LogP) is 2.65. The molecule has 21 heavy (non-hydrogen) atoms. The number of thioether (sulfide) groups is 1. The van der Waals surface area contributed by atoms with Crippen LogP contribution in [-0.2, 0) is 16.6 Å². The zero-order chi connectivity index (χ0) is 15.5. The first kappa shape index (κ1) is 17.3. The Morgan fingerprint density at radius 1 is 1.43 bits per heavy atom. The van der Waals surface area contributed by atoms with Gasteiger partial charge in [-0.2, -0.15) is 11.8 Å². The lowest BCUT2D eigenvalue weighted by atomic mass is 10.1. The van der Waals surface area contributed by atoms with Crippen LogP contribution in [0.4, 0.5) is 0 Å². The Bertz CT molecular complexity index is 599. The van der Waals surface area contributed by atoms with Crippen LogP contribution in [0.3, 0.4) is 0 Å². The fourth-order valence-electron chi connectivity index (χ4n) is 2.40. The molecule has 2 rings (SSSR count). The zero-order valence-corrected chi connectivity index (χ0v) is 15.5. The maximum absolute atomic E-state index is 12.5. The molecule has 1 aliphatic rings. The Labute approximate surface area is 139 Å². The summed E-state index contributed by atoms with van der Waals surface area (Å²) in [6, 6.07) is 3.73. The van der Waals surface area contributed by atoms with Gasteiger partial charge in [-0.15, -0.1) is 0 Å². The van der Waals surface area contributed by atoms with Crippen LogP contribution in [0.5, 0.6) is 0 Å². The van der Waals surface area contributed by atoms with Crippen LogP contribution < -0.4 is 10.0 Å². The first-order valence-corrected chi connectivity index (χ1v) is 10.3. The number of nitrogens with one attached hydrogen (secondary N) is 2. The highest BCUT2D eigenvalue weighted by Gasteiger charge is 2.23. The summed E-state index contributed by atoms with van der Waals surface area (Å²) in [5.74, 6) is 1.13. The highest BCUT2D eigenvalue weighted by atomic mass is 79.9. The van der Waals surface area contributed by atoms with Crippen LogP contribution in [0.2, 0.25) is 0 Å². The number of rotatable bonds is 6. The van der Waals surface area contributed by atoms with E-state index in [1.807, 2.05) is 31.8 Å². The zero-order valence-electron chi connectivity index (χ0n) is 12.3. The van der Waals surface area contributed by atoms with Crippen molar-refractivity contribution in [1.29, 1.82) is 0 Å². The number of hydrogen-bond acceptors (Lipinski definition) is 4. The quantitative estimate of drug-likeness (QED) is 0.780. The molecule has 0 bridgehead atoms. The van der Waals surface area contributed by atoms with E-state index in [4.69, 9.17) is 0 Å². The van der Waals surface area contributed by atoms with E-state index >= 15 is 0 Å². The Balaban J connectivity index is 2.21. The minimum Gasteiger partial charge on any atom is -0.316 e. The lowest BCUT2D eigenvalue weighted by molar-refractivity contribution is 0.578. The minimum atomic E-state index is -3.48. The molecule has 7 heteroatoms. The van der Waals surface area contributed by atoms with Crippen molar-refractivity contribution in [2.45, 2.75) is 36.5 Å². The largest absolute Gasteiger partial charge is 0.316 e. The second kappa shape index (κ2) is 7.46. The molecule has 0 saturated carbocycles. The molecule has 1 atom stereocenters. The molecule has 118 valence electrons. The Morgan fingerprint density at radius 2 is 2.19 bits per heavy atom. The fourth-order valence-corrected chi connectivity index (χ4v) is 5.85. The van der Waals surface area contributed by atoms with E-state index in [0.717, 1.165) is 23.3 Å². The third kappa shape index (κ3) is 4.45. The monoisotopic (exact) mass is 392 g/mol. The average Bonchev–Trinajstić information content (AvgIpc) is 2.94. The second-order valence-electron chi connectivity index (χ2n) is 5.24. The Kier molecular flexibility index (Phi) is 6.14. The van der Waals surface area contributed by atoms with E-state index in [1.165, 1.54) is 6.42 Å². The van der Waals surface area contributed by atoms with Crippen LogP contribution in [0.15, 0.2) is 21.5 Å². The van der Waals surface area contributed by atoms with Crippen molar-refractivity contribution in [3.05, 3.63) is 27.7 Å². The summed E-state index contributed by atoms with van der Waals surface area (Å²) in [7, 11) is -1.63. The molecule has 0 radical (unpaired) electrons. The maximum atomic E-state index is 12.5. The summed E-state index contributed by atoms with van der Waals surface area (Å²) >= 11 is 5.26. The second-order valence-corrected chi connectivity index (χ2v) is 9.18. The van der Waals surface area contributed by atoms with Gasteiger partial charge in [-0.25, -0.2) is 13.1 Å². The summed E-state index contributed by atoms with van der Waals surface area (Å²) in [5, 5.41) is 3.46. The minimum absolute atomic E-state index is 0.329. The highest BCUT2D eigenvalue weighted by Crippen LogP contribution is 2.29. The molecule has 4 nitrogen and oxygen atoms in total. The van der Waals surface area contributed by atoms with Crippen LogP contribution in [0, 0.1) is 6.92 Å². The summed E-state index contributed by atoms with van der Waals surface area (Å²) in [6.07, 6.45) is 2.27. The van der Waals surface area contributed by atoms with Crippen molar-refractivity contribution < 1.29 is 8.42 Å². The van der Waals surface area contributed by atoms with Crippen molar-refractivity contribution in [3.63, 3.8) is 0 Å². The molecule has 1 aromatic carbocycles. The fraction of sp³-hybridized carbons (Fsp3) is 0.571. The maximum Gasteiger partial charge on any atom is 0.241 e. The summed E-state index contributed by atoms with van der Waals surface area (Å²) in [5.41, 5.74) is 1.90. The average molecular weight is 393 g/mol. The molecule has 1 unspecified atom stereocenters. The van der Waals surface area contributed by atoms with Crippen LogP contribution >= 0.6 is 27.7 Å². The first-order valence-electron chi connectivity index (χ1n) is 6.99. The van der Waals surface area contributed by atoms with E-state index in [-0.39, 0.29) is 0 Å². The van der Waals surface area contributed by atoms with Crippen LogP contribution in [-0.4, -0.2) is 33.0 Å². The number of hydrogen-bond donors (Lipinski definition) is 2. The van der Waals surface area contributed by atoms with Gasteiger partial charge in [0.1, 0.15) is 0 Å². The molecule has 1 fully saturated rings. The molecule has 0 aliphatic carbocycles. The molecule has 1 heterocycles. The third-order valence-corrected chi connectivity index (χ3v) is 7.64. The third-order valence-electron chi connectivity index (χ3n) is 3.48. The van der Waals surface area contributed by atoms with Crippen molar-refractivity contribution in [2.75, 3.05) is 19.3 Å². The lowest BCUT2D eigenvalue weighted by Gasteiger charge is -2.14. The van der Waals surface area contributed by atoms with Crippen LogP contribution in [0.25, 0.3) is 0 Å². The summed E-state index contributed by atoms with van der Waals surface area (Å²) in [4.78, 5) is 0.329. The Hall–Kier alpha value is -0.0800. The van der Waals surface area contributed by atoms with Gasteiger partial charge in [0.05, 0.1) is 4.90 Å². The molecule has 1 aliphatic heterocycles. The highest BCUT2D eigenvalue weighted by molar-refractivity contribution is 9.10. The van der Waals surface area contributed by atoms with Gasteiger partial charge in [0.2, 0.25) is 10.0 Å². The number of benzene rings is 1. The van der Waals surface area contributed by atoms with Gasteiger partial charge in [-0.05, 0) is 65.7 Å². The molecule has 1 saturated heterocycles. The molecular formula is C14H21BrN2O2S2. The number of aryl methyl sites for hydroxylation is 1. The topological polar surface area (TPSA) is 58.2 Å². The van der Waals surface area contributed by atoms with E-state index < -0.39 is 10.0 Å². The SMILES string of the molecule is CNCc1cc(C)c(Br)c(S(=O)(=O)NCC2CCCS2)c1. The van der Waals surface area contributed by atoms with E-state index in [0.29, 0.717) is 27.7 Å². The van der Waals surface area contributed by atoms with E-state index in [2.05, 4.69) is 26.0 Å². The van der Waals surface area contributed by atoms with Crippen molar-refractivity contribution in [2.24, 2.45) is 0 Å². The standard InChI is InChI=1S/C14H21BrN2O2S2/c1-10-6-11(8-16-2)7-13(14(10)15)21(18,19)17-9-12-4-3-5-20-12/h6-7,12,16-17H,3-5,8-9H2,1-2H3. The predicted molar refractivity (Wildman–Crippen MR) is 92.3 cm³/mol. The van der Waals surface area contributed by atoms with Crippen molar-refractivity contribution in [1.82, 2.24) is 10.0 Å². The number of sulfonamides is 1. The molecular weight excluding hydrogens is 372 g/mol. The van der Waals surface area contributed by atoms with Gasteiger partial charge < -0.3 is 5.32 Å². The molecule has 2 N–H and O–H groups in total. The molecule has 0 aromatic heterocycles. The summed E-state index contributed by atoms with van der Waals surface area (Å²) < 4.78 is 28.5. The first-order chi connectivity index (χ1) is 9.94. The van der Waals surface area contributed by atoms with Crippen molar-refractivity contribution in [3.8, 4) is 0 Å². The number of halogens is 1. The lowest BCUT2D eigenvalue weighted by Crippen LogP contribution is -2.30. The van der Waals surface area contributed by atoms with Gasteiger partial charge in [0, 0.05) is 22.8 Å². The van der Waals surface area contributed by atoms with Gasteiger partial charge in [0.25, 0.3) is 0 Å². The van der Waals surface area contributed by atoms with E-state index in [1.54, 1.807) is 6.07 Å². The molecule has 1 aromatic rings. The Morgan fingerprint density at radius 3 is 2.81 bits per heavy atom. The molecule has 0 amide bonds. The van der Waals surface area contributed by atoms with Gasteiger partial charge in [-0.3, -0.25) is 0 Å². The van der Waals surface area contributed by atoms with Crippen LogP contribution in [0.1, 0.15) is 24.0 Å².